The lowest BCUT2D eigenvalue weighted by Gasteiger charge is -2.59. The Balaban J connectivity index is 1.32. The lowest BCUT2D eigenvalue weighted by molar-refractivity contribution is -0.137. The zero-order chi connectivity index (χ0) is 22.1. The molecule has 0 unspecified atom stereocenters. The van der Waals surface area contributed by atoms with Crippen LogP contribution in [0.25, 0.3) is 6.08 Å². The molecule has 4 aliphatic carbocycles. The topological polar surface area (TPSA) is 44.8 Å². The number of allylic oxidation sites excluding steroid dienone is 1. The van der Waals surface area contributed by atoms with Crippen molar-refractivity contribution in [2.24, 2.45) is 34.5 Å². The summed E-state index contributed by atoms with van der Waals surface area (Å²) in [4.78, 5) is 13.7. The van der Waals surface area contributed by atoms with E-state index < -0.39 is 0 Å². The minimum atomic E-state index is -0.189. The molecule has 0 bridgehead atoms. The van der Waals surface area contributed by atoms with Gasteiger partial charge in [0, 0.05) is 5.41 Å². The first-order chi connectivity index (χ1) is 15.4. The van der Waals surface area contributed by atoms with Gasteiger partial charge < -0.3 is 14.2 Å². The third-order valence-electron chi connectivity index (χ3n) is 10.2. The fourth-order valence-electron chi connectivity index (χ4n) is 8.53. The largest absolute Gasteiger partial charge is 0.493 e. The van der Waals surface area contributed by atoms with Crippen LogP contribution in [-0.4, -0.2) is 19.7 Å². The monoisotopic (exact) mass is 436 g/mol. The third kappa shape index (κ3) is 2.83. The molecule has 0 saturated heterocycles. The van der Waals surface area contributed by atoms with Gasteiger partial charge in [0.1, 0.15) is 0 Å². The molecular formula is C28H36O4. The van der Waals surface area contributed by atoms with E-state index in [4.69, 9.17) is 14.2 Å². The molecule has 5 aliphatic rings. The van der Waals surface area contributed by atoms with E-state index in [-0.39, 0.29) is 12.2 Å². The van der Waals surface area contributed by atoms with Crippen molar-refractivity contribution in [2.45, 2.75) is 71.6 Å². The maximum Gasteiger partial charge on any atom is 0.231 e. The van der Waals surface area contributed by atoms with Gasteiger partial charge in [-0.25, -0.2) is 0 Å². The van der Waals surface area contributed by atoms with Crippen molar-refractivity contribution < 1.29 is 19.0 Å². The molecule has 0 amide bonds. The molecule has 1 aromatic carbocycles. The van der Waals surface area contributed by atoms with Crippen LogP contribution >= 0.6 is 0 Å². The Kier molecular flexibility index (Phi) is 4.68. The van der Waals surface area contributed by atoms with Crippen molar-refractivity contribution in [3.63, 3.8) is 0 Å². The summed E-state index contributed by atoms with van der Waals surface area (Å²) in [5.41, 5.74) is 2.28. The number of hydrogen-bond donors (Lipinski definition) is 0. The molecule has 6 atom stereocenters. The molecule has 1 aromatic rings. The highest BCUT2D eigenvalue weighted by molar-refractivity contribution is 6.06. The first-order valence-electron chi connectivity index (χ1n) is 12.7. The first kappa shape index (κ1) is 20.6. The third-order valence-corrected chi connectivity index (χ3v) is 10.2. The zero-order valence-corrected chi connectivity index (χ0v) is 19.7. The highest BCUT2D eigenvalue weighted by atomic mass is 16.7. The van der Waals surface area contributed by atoms with Crippen LogP contribution in [0, 0.1) is 34.5 Å². The predicted octanol–water partition coefficient (Wildman–Crippen LogP) is 6.42. The number of ether oxygens (including phenoxy) is 3. The standard InChI is InChI=1S/C28H36O4/c1-27-10-5-4-6-19(27)7-8-20-21(27)9-11-28(2)22(20)15-18(26(28)29)12-17-13-23(30-3)25-24(14-17)31-16-32-25/h12-14,19-22H,4-11,15-16H2,1-3H3/b18-12+/t19-,20+,21-,22-,27+,28+/m1/s1. The van der Waals surface area contributed by atoms with E-state index in [1.54, 1.807) is 7.11 Å². The van der Waals surface area contributed by atoms with Gasteiger partial charge in [-0.2, -0.15) is 0 Å². The van der Waals surface area contributed by atoms with Crippen LogP contribution in [-0.2, 0) is 4.79 Å². The highest BCUT2D eigenvalue weighted by Gasteiger charge is 2.60. The maximum absolute atomic E-state index is 13.7. The van der Waals surface area contributed by atoms with Crippen LogP contribution in [0.5, 0.6) is 17.2 Å². The van der Waals surface area contributed by atoms with Gasteiger partial charge >= 0.3 is 0 Å². The van der Waals surface area contributed by atoms with Crippen molar-refractivity contribution in [3.8, 4) is 17.2 Å². The second-order valence-electron chi connectivity index (χ2n) is 11.5. The SMILES string of the molecule is COc1cc(/C=C2\C[C@@H]3[C@H]4CC[C@H]5CCCC[C@]5(C)[C@@H]4CC[C@]3(C)C2=O)cc2c1OCO2. The van der Waals surface area contributed by atoms with E-state index in [1.165, 1.54) is 44.9 Å². The lowest BCUT2D eigenvalue weighted by atomic mass is 9.45. The number of carbonyl (C=O) groups excluding carboxylic acids is 1. The van der Waals surface area contributed by atoms with E-state index in [1.807, 2.05) is 12.1 Å². The number of Topliss-reactive ketones (excluding diaryl/α,β-unsaturated/α-hetero) is 1. The summed E-state index contributed by atoms with van der Waals surface area (Å²) >= 11 is 0. The molecule has 0 aromatic heterocycles. The molecule has 4 fully saturated rings. The summed E-state index contributed by atoms with van der Waals surface area (Å²) in [5.74, 6) is 5.33. The minimum absolute atomic E-state index is 0.189. The van der Waals surface area contributed by atoms with Crippen LogP contribution in [0.3, 0.4) is 0 Å². The van der Waals surface area contributed by atoms with Crippen LogP contribution in [0.4, 0.5) is 0 Å². The van der Waals surface area contributed by atoms with Gasteiger partial charge in [-0.1, -0.05) is 26.7 Å². The molecule has 4 heteroatoms. The van der Waals surface area contributed by atoms with Crippen LogP contribution in [0.1, 0.15) is 77.2 Å². The molecule has 4 saturated carbocycles. The van der Waals surface area contributed by atoms with Gasteiger partial charge in [0.25, 0.3) is 0 Å². The fraction of sp³-hybridized carbons (Fsp3) is 0.679. The van der Waals surface area contributed by atoms with Gasteiger partial charge in [-0.15, -0.1) is 0 Å². The Morgan fingerprint density at radius 3 is 2.75 bits per heavy atom. The molecule has 0 spiro atoms. The summed E-state index contributed by atoms with van der Waals surface area (Å²) in [5, 5.41) is 0. The van der Waals surface area contributed by atoms with Gasteiger partial charge in [0.05, 0.1) is 7.11 Å². The number of hydrogen-bond acceptors (Lipinski definition) is 4. The summed E-state index contributed by atoms with van der Waals surface area (Å²) in [6.45, 7) is 5.09. The first-order valence-corrected chi connectivity index (χ1v) is 12.7. The molecule has 0 radical (unpaired) electrons. The Hall–Kier alpha value is -1.97. The van der Waals surface area contributed by atoms with Gasteiger partial charge in [0.15, 0.2) is 17.3 Å². The maximum atomic E-state index is 13.7. The average Bonchev–Trinajstić information content (AvgIpc) is 3.36. The fourth-order valence-corrected chi connectivity index (χ4v) is 8.53. The van der Waals surface area contributed by atoms with E-state index in [0.29, 0.717) is 40.3 Å². The highest BCUT2D eigenvalue weighted by Crippen LogP contribution is 2.66. The molecule has 172 valence electrons. The van der Waals surface area contributed by atoms with Crippen LogP contribution in [0.2, 0.25) is 0 Å². The number of rotatable bonds is 2. The van der Waals surface area contributed by atoms with Gasteiger partial charge in [-0.3, -0.25) is 4.79 Å². The summed E-state index contributed by atoms with van der Waals surface area (Å²) in [6.07, 6.45) is 13.7. The van der Waals surface area contributed by atoms with E-state index in [0.717, 1.165) is 35.8 Å². The van der Waals surface area contributed by atoms with E-state index in [2.05, 4.69) is 19.9 Å². The summed E-state index contributed by atoms with van der Waals surface area (Å²) in [7, 11) is 1.65. The van der Waals surface area contributed by atoms with Crippen molar-refractivity contribution in [2.75, 3.05) is 13.9 Å². The molecule has 0 N–H and O–H groups in total. The number of methoxy groups -OCH3 is 1. The molecule has 6 rings (SSSR count). The number of carbonyl (C=O) groups is 1. The van der Waals surface area contributed by atoms with Crippen molar-refractivity contribution in [3.05, 3.63) is 23.3 Å². The summed E-state index contributed by atoms with van der Waals surface area (Å²) in [6, 6.07) is 3.95. The lowest BCUT2D eigenvalue weighted by Crippen LogP contribution is -2.52. The number of fused-ring (bicyclic) bond motifs is 6. The molecule has 1 aliphatic heterocycles. The molecule has 1 heterocycles. The Labute approximate surface area is 191 Å². The Morgan fingerprint density at radius 1 is 1.03 bits per heavy atom. The smallest absolute Gasteiger partial charge is 0.231 e. The Bertz CT molecular complexity index is 980. The second-order valence-corrected chi connectivity index (χ2v) is 11.5. The second kappa shape index (κ2) is 7.27. The van der Waals surface area contributed by atoms with Crippen molar-refractivity contribution in [1.29, 1.82) is 0 Å². The van der Waals surface area contributed by atoms with Crippen molar-refractivity contribution in [1.82, 2.24) is 0 Å². The normalized spacial score (nSPS) is 41.2. The van der Waals surface area contributed by atoms with Gasteiger partial charge in [-0.05, 0) is 103 Å². The van der Waals surface area contributed by atoms with Gasteiger partial charge in [0.2, 0.25) is 12.5 Å². The Morgan fingerprint density at radius 2 is 1.91 bits per heavy atom. The summed E-state index contributed by atoms with van der Waals surface area (Å²) < 4.78 is 16.7. The number of ketones is 1. The van der Waals surface area contributed by atoms with E-state index >= 15 is 0 Å². The molecule has 32 heavy (non-hydrogen) atoms. The quantitative estimate of drug-likeness (QED) is 0.502. The van der Waals surface area contributed by atoms with Crippen LogP contribution in [0.15, 0.2) is 17.7 Å². The minimum Gasteiger partial charge on any atom is -0.493 e. The molecule has 4 nitrogen and oxygen atoms in total. The molecular weight excluding hydrogens is 400 g/mol. The average molecular weight is 437 g/mol. The van der Waals surface area contributed by atoms with Crippen LogP contribution < -0.4 is 14.2 Å². The zero-order valence-electron chi connectivity index (χ0n) is 19.7. The van der Waals surface area contributed by atoms with Crippen molar-refractivity contribution >= 4 is 11.9 Å². The van der Waals surface area contributed by atoms with E-state index in [9.17, 15) is 4.79 Å². The predicted molar refractivity (Wildman–Crippen MR) is 124 cm³/mol. The number of benzene rings is 1.